The number of nitrogens with zero attached hydrogens (tertiary/aromatic N) is 4. The highest BCUT2D eigenvalue weighted by Gasteiger charge is 2.36. The lowest BCUT2D eigenvalue weighted by Gasteiger charge is -2.34. The van der Waals surface area contributed by atoms with E-state index in [9.17, 15) is 14.0 Å². The fourth-order valence-electron chi connectivity index (χ4n) is 5.51. The minimum absolute atomic E-state index is 0.0545. The number of benzene rings is 2. The summed E-state index contributed by atoms with van der Waals surface area (Å²) in [6.07, 6.45) is 3.77. The van der Waals surface area contributed by atoms with Crippen molar-refractivity contribution in [3.63, 3.8) is 0 Å². The molecule has 2 unspecified atom stereocenters. The van der Waals surface area contributed by atoms with Gasteiger partial charge in [-0.2, -0.15) is 5.10 Å². The van der Waals surface area contributed by atoms with Crippen LogP contribution in [0.15, 0.2) is 60.8 Å². The Hall–Kier alpha value is -3.68. The first kappa shape index (κ1) is 25.9. The van der Waals surface area contributed by atoms with E-state index in [4.69, 9.17) is 4.74 Å². The van der Waals surface area contributed by atoms with Gasteiger partial charge in [-0.25, -0.2) is 13.9 Å². The summed E-state index contributed by atoms with van der Waals surface area (Å²) in [7, 11) is 0. The minimum atomic E-state index is -0.591. The highest BCUT2D eigenvalue weighted by molar-refractivity contribution is 5.95. The van der Waals surface area contributed by atoms with Crippen molar-refractivity contribution in [2.75, 3.05) is 26.2 Å². The molecule has 2 aliphatic rings. The Bertz CT molecular complexity index is 1280. The molecule has 200 valence electrons. The van der Waals surface area contributed by atoms with Gasteiger partial charge in [0.2, 0.25) is 0 Å². The van der Waals surface area contributed by atoms with Gasteiger partial charge in [-0.15, -0.1) is 0 Å². The molecule has 3 heterocycles. The largest absolute Gasteiger partial charge is 0.444 e. The zero-order valence-corrected chi connectivity index (χ0v) is 22.3. The van der Waals surface area contributed by atoms with Crippen molar-refractivity contribution in [3.8, 4) is 5.69 Å². The molecule has 0 N–H and O–H groups in total. The first-order valence-corrected chi connectivity index (χ1v) is 13.4. The molecule has 8 heteroatoms. The minimum Gasteiger partial charge on any atom is -0.444 e. The first-order valence-electron chi connectivity index (χ1n) is 13.4. The van der Waals surface area contributed by atoms with E-state index in [0.29, 0.717) is 43.3 Å². The summed E-state index contributed by atoms with van der Waals surface area (Å²) in [6.45, 7) is 7.91. The molecule has 2 amide bonds. The zero-order chi connectivity index (χ0) is 26.9. The third kappa shape index (κ3) is 5.59. The fourth-order valence-corrected chi connectivity index (χ4v) is 5.51. The first-order chi connectivity index (χ1) is 18.2. The van der Waals surface area contributed by atoms with Gasteiger partial charge < -0.3 is 14.5 Å². The number of carbonyl (C=O) groups excluding carboxylic acids is 2. The second kappa shape index (κ2) is 10.6. The normalized spacial score (nSPS) is 20.0. The summed E-state index contributed by atoms with van der Waals surface area (Å²) in [5.41, 5.74) is 2.63. The van der Waals surface area contributed by atoms with Crippen molar-refractivity contribution in [1.82, 2.24) is 19.6 Å². The number of piperidine rings is 1. The summed E-state index contributed by atoms with van der Waals surface area (Å²) >= 11 is 0. The smallest absolute Gasteiger partial charge is 0.410 e. The van der Waals surface area contributed by atoms with E-state index >= 15 is 0 Å². The van der Waals surface area contributed by atoms with Gasteiger partial charge in [0.1, 0.15) is 11.4 Å². The monoisotopic (exact) mass is 518 g/mol. The number of ether oxygens (including phenoxy) is 1. The molecule has 2 aromatic carbocycles. The second-order valence-electron chi connectivity index (χ2n) is 11.2. The maximum atomic E-state index is 13.9. The van der Waals surface area contributed by atoms with E-state index in [0.717, 1.165) is 25.0 Å². The van der Waals surface area contributed by atoms with Gasteiger partial charge in [0.15, 0.2) is 0 Å². The van der Waals surface area contributed by atoms with E-state index in [2.05, 4.69) is 17.2 Å². The van der Waals surface area contributed by atoms with Gasteiger partial charge in [0.05, 0.1) is 23.1 Å². The van der Waals surface area contributed by atoms with Crippen LogP contribution in [-0.2, 0) is 4.74 Å². The molecule has 3 aromatic rings. The van der Waals surface area contributed by atoms with Crippen LogP contribution in [-0.4, -0.2) is 63.4 Å². The maximum Gasteiger partial charge on any atom is 0.410 e. The fraction of sp³-hybridized carbons (Fsp3) is 0.433. The molecule has 2 atom stereocenters. The predicted octanol–water partition coefficient (Wildman–Crippen LogP) is 5.76. The molecule has 2 aliphatic heterocycles. The van der Waals surface area contributed by atoms with Crippen LogP contribution < -0.4 is 0 Å². The van der Waals surface area contributed by atoms with Gasteiger partial charge in [0, 0.05) is 38.0 Å². The van der Waals surface area contributed by atoms with Crippen molar-refractivity contribution in [1.29, 1.82) is 0 Å². The molecular weight excluding hydrogens is 483 g/mol. The van der Waals surface area contributed by atoms with Gasteiger partial charge in [-0.1, -0.05) is 30.3 Å². The summed E-state index contributed by atoms with van der Waals surface area (Å²) in [4.78, 5) is 30.4. The van der Waals surface area contributed by atoms with Gasteiger partial charge in [0.25, 0.3) is 5.91 Å². The third-order valence-corrected chi connectivity index (χ3v) is 7.31. The van der Waals surface area contributed by atoms with Crippen LogP contribution in [0.1, 0.15) is 73.5 Å². The van der Waals surface area contributed by atoms with E-state index in [1.165, 1.54) is 17.7 Å². The molecular formula is C30H35FN4O3. The third-order valence-electron chi connectivity index (χ3n) is 7.31. The molecule has 1 aromatic heterocycles. The number of hydrogen-bond donors (Lipinski definition) is 0. The molecule has 0 radical (unpaired) electrons. The lowest BCUT2D eigenvalue weighted by Crippen LogP contribution is -2.43. The molecule has 0 aliphatic carbocycles. The Morgan fingerprint density at radius 3 is 2.34 bits per heavy atom. The SMILES string of the molecule is CC(C)(C)OC(=O)N1CCCC(c2c(C(=O)N3CCC(c4ccccc4)C3)cnn2-c2ccc(F)cc2)C1. The highest BCUT2D eigenvalue weighted by atomic mass is 19.1. The van der Waals surface area contributed by atoms with Crippen molar-refractivity contribution in [3.05, 3.63) is 83.4 Å². The Morgan fingerprint density at radius 2 is 1.63 bits per heavy atom. The van der Waals surface area contributed by atoms with Crippen molar-refractivity contribution in [2.45, 2.75) is 57.5 Å². The van der Waals surface area contributed by atoms with Crippen LogP contribution in [0.25, 0.3) is 5.69 Å². The average molecular weight is 519 g/mol. The van der Waals surface area contributed by atoms with Gasteiger partial charge >= 0.3 is 6.09 Å². The number of amides is 2. The van der Waals surface area contributed by atoms with Crippen LogP contribution in [0.2, 0.25) is 0 Å². The lowest BCUT2D eigenvalue weighted by atomic mass is 9.92. The Morgan fingerprint density at radius 1 is 0.921 bits per heavy atom. The molecule has 2 fully saturated rings. The topological polar surface area (TPSA) is 67.7 Å². The van der Waals surface area contributed by atoms with E-state index in [1.807, 2.05) is 43.9 Å². The summed E-state index contributed by atoms with van der Waals surface area (Å²) in [5, 5.41) is 4.60. The van der Waals surface area contributed by atoms with Crippen LogP contribution in [0.5, 0.6) is 0 Å². The molecule has 2 saturated heterocycles. The molecule has 5 rings (SSSR count). The molecule has 7 nitrogen and oxygen atoms in total. The number of likely N-dealkylation sites (tertiary alicyclic amines) is 2. The average Bonchev–Trinajstić information content (AvgIpc) is 3.57. The van der Waals surface area contributed by atoms with Crippen molar-refractivity contribution in [2.24, 2.45) is 0 Å². The van der Waals surface area contributed by atoms with Crippen LogP contribution in [0, 0.1) is 5.82 Å². The summed E-state index contributed by atoms with van der Waals surface area (Å²) < 4.78 is 21.1. The molecule has 38 heavy (non-hydrogen) atoms. The van der Waals surface area contributed by atoms with Crippen LogP contribution >= 0.6 is 0 Å². The van der Waals surface area contributed by atoms with Crippen LogP contribution in [0.4, 0.5) is 9.18 Å². The van der Waals surface area contributed by atoms with Crippen LogP contribution in [0.3, 0.4) is 0 Å². The Kier molecular flexibility index (Phi) is 7.23. The Balaban J connectivity index is 1.45. The van der Waals surface area contributed by atoms with E-state index in [-0.39, 0.29) is 23.7 Å². The van der Waals surface area contributed by atoms with Crippen molar-refractivity contribution < 1.29 is 18.7 Å². The summed E-state index contributed by atoms with van der Waals surface area (Å²) in [5.74, 6) is -0.207. The molecule has 0 spiro atoms. The number of rotatable bonds is 4. The maximum absolute atomic E-state index is 13.9. The summed E-state index contributed by atoms with van der Waals surface area (Å²) in [6, 6.07) is 16.4. The second-order valence-corrected chi connectivity index (χ2v) is 11.2. The standard InChI is InChI=1S/C30H35FN4O3/c1-30(2,3)38-29(37)34-16-7-10-23(20-34)27-26(18-32-35(27)25-13-11-24(31)12-14-25)28(36)33-17-15-22(19-33)21-8-5-4-6-9-21/h4-6,8-9,11-14,18,22-23H,7,10,15-17,19-20H2,1-3H3. The molecule has 0 bridgehead atoms. The number of halogens is 1. The van der Waals surface area contributed by atoms with Crippen molar-refractivity contribution >= 4 is 12.0 Å². The lowest BCUT2D eigenvalue weighted by molar-refractivity contribution is 0.0196. The van der Waals surface area contributed by atoms with E-state index in [1.54, 1.807) is 27.9 Å². The highest BCUT2D eigenvalue weighted by Crippen LogP contribution is 2.34. The van der Waals surface area contributed by atoms with E-state index < -0.39 is 5.60 Å². The number of hydrogen-bond acceptors (Lipinski definition) is 4. The van der Waals surface area contributed by atoms with Gasteiger partial charge in [-0.05, 0) is 69.9 Å². The number of aromatic nitrogens is 2. The van der Waals surface area contributed by atoms with Gasteiger partial charge in [-0.3, -0.25) is 4.79 Å². The predicted molar refractivity (Wildman–Crippen MR) is 143 cm³/mol. The molecule has 0 saturated carbocycles. The number of carbonyl (C=O) groups is 2. The quantitative estimate of drug-likeness (QED) is 0.441. The zero-order valence-electron chi connectivity index (χ0n) is 22.3. The Labute approximate surface area is 223 Å².